The average Bonchev–Trinajstić information content (AvgIpc) is 3.02. The van der Waals surface area contributed by atoms with Crippen molar-refractivity contribution in [3.05, 3.63) is 29.3 Å². The maximum atomic E-state index is 12.7. The molecule has 5 nitrogen and oxygen atoms in total. The molecule has 1 atom stereocenters. The molecule has 1 aromatic rings. The van der Waals surface area contributed by atoms with Gasteiger partial charge in [-0.15, -0.1) is 0 Å². The Morgan fingerprint density at radius 3 is 2.71 bits per heavy atom. The lowest BCUT2D eigenvalue weighted by Crippen LogP contribution is -2.43. The first-order chi connectivity index (χ1) is 10.1. The van der Waals surface area contributed by atoms with Gasteiger partial charge in [-0.3, -0.25) is 0 Å². The predicted molar refractivity (Wildman–Crippen MR) is 78.6 cm³/mol. The SMILES string of the molecule is O=S(=O)(c1cccc(Cl)c1)N1CCC[C@@H](C2OCCO2)C1. The quantitative estimate of drug-likeness (QED) is 0.851. The summed E-state index contributed by atoms with van der Waals surface area (Å²) in [5.41, 5.74) is 0. The van der Waals surface area contributed by atoms with Crippen molar-refractivity contribution in [3.63, 3.8) is 0 Å². The lowest BCUT2D eigenvalue weighted by Gasteiger charge is -2.33. The first-order valence-electron chi connectivity index (χ1n) is 7.06. The molecule has 0 radical (unpaired) electrons. The maximum absolute atomic E-state index is 12.7. The van der Waals surface area contributed by atoms with Crippen LogP contribution < -0.4 is 0 Å². The second-order valence-electron chi connectivity index (χ2n) is 5.33. The van der Waals surface area contributed by atoms with E-state index in [0.29, 0.717) is 31.3 Å². The Hall–Kier alpha value is -0.660. The van der Waals surface area contributed by atoms with Crippen molar-refractivity contribution in [2.75, 3.05) is 26.3 Å². The fourth-order valence-electron chi connectivity index (χ4n) is 2.84. The highest BCUT2D eigenvalue weighted by atomic mass is 35.5. The molecular weight excluding hydrogens is 314 g/mol. The molecule has 0 spiro atoms. The molecule has 0 bridgehead atoms. The summed E-state index contributed by atoms with van der Waals surface area (Å²) in [6, 6.07) is 6.39. The highest BCUT2D eigenvalue weighted by molar-refractivity contribution is 7.89. The molecule has 0 unspecified atom stereocenters. The van der Waals surface area contributed by atoms with Gasteiger partial charge in [-0.1, -0.05) is 17.7 Å². The summed E-state index contributed by atoms with van der Waals surface area (Å²) in [5, 5.41) is 0.423. The molecule has 7 heteroatoms. The normalized spacial score (nSPS) is 25.3. The van der Waals surface area contributed by atoms with Crippen LogP contribution in [0.15, 0.2) is 29.2 Å². The zero-order valence-electron chi connectivity index (χ0n) is 11.6. The van der Waals surface area contributed by atoms with Crippen LogP contribution in [0.25, 0.3) is 0 Å². The number of hydrogen-bond acceptors (Lipinski definition) is 4. The van der Waals surface area contributed by atoms with Gasteiger partial charge in [-0.2, -0.15) is 4.31 Å². The lowest BCUT2D eigenvalue weighted by atomic mass is 9.99. The number of sulfonamides is 1. The molecule has 116 valence electrons. The average molecular weight is 332 g/mol. The molecule has 21 heavy (non-hydrogen) atoms. The van der Waals surface area contributed by atoms with Crippen molar-refractivity contribution in [1.29, 1.82) is 0 Å². The first kappa shape index (κ1) is 15.2. The molecule has 2 aliphatic heterocycles. The molecule has 0 saturated carbocycles. The van der Waals surface area contributed by atoms with Crippen LogP contribution in [0.2, 0.25) is 5.02 Å². The van der Waals surface area contributed by atoms with Gasteiger partial charge < -0.3 is 9.47 Å². The van der Waals surface area contributed by atoms with Crippen LogP contribution in [0, 0.1) is 5.92 Å². The third-order valence-electron chi connectivity index (χ3n) is 3.89. The van der Waals surface area contributed by atoms with Gasteiger partial charge in [0.25, 0.3) is 0 Å². The number of piperidine rings is 1. The van der Waals surface area contributed by atoms with Crippen LogP contribution in [-0.4, -0.2) is 45.3 Å². The molecule has 0 aliphatic carbocycles. The van der Waals surface area contributed by atoms with E-state index < -0.39 is 10.0 Å². The van der Waals surface area contributed by atoms with Crippen LogP contribution in [0.4, 0.5) is 0 Å². The molecule has 1 aromatic carbocycles. The van der Waals surface area contributed by atoms with E-state index in [-0.39, 0.29) is 17.1 Å². The van der Waals surface area contributed by atoms with E-state index in [1.807, 2.05) is 0 Å². The van der Waals surface area contributed by atoms with E-state index in [1.54, 1.807) is 18.2 Å². The van der Waals surface area contributed by atoms with E-state index in [1.165, 1.54) is 10.4 Å². The number of rotatable bonds is 3. The third kappa shape index (κ3) is 3.24. The summed E-state index contributed by atoms with van der Waals surface area (Å²) in [5.74, 6) is 0.0928. The van der Waals surface area contributed by atoms with Crippen molar-refractivity contribution in [1.82, 2.24) is 4.31 Å². The molecule has 2 aliphatic rings. The van der Waals surface area contributed by atoms with E-state index in [9.17, 15) is 8.42 Å². The number of benzene rings is 1. The van der Waals surface area contributed by atoms with E-state index in [4.69, 9.17) is 21.1 Å². The molecule has 0 amide bonds. The summed E-state index contributed by atoms with van der Waals surface area (Å²) in [7, 11) is -3.51. The van der Waals surface area contributed by atoms with Crippen molar-refractivity contribution >= 4 is 21.6 Å². The topological polar surface area (TPSA) is 55.8 Å². The largest absolute Gasteiger partial charge is 0.350 e. The zero-order chi connectivity index (χ0) is 14.9. The van der Waals surface area contributed by atoms with Gasteiger partial charge in [0, 0.05) is 24.0 Å². The van der Waals surface area contributed by atoms with Gasteiger partial charge >= 0.3 is 0 Å². The van der Waals surface area contributed by atoms with Crippen molar-refractivity contribution < 1.29 is 17.9 Å². The van der Waals surface area contributed by atoms with Crippen LogP contribution in [-0.2, 0) is 19.5 Å². The van der Waals surface area contributed by atoms with Gasteiger partial charge in [0.15, 0.2) is 6.29 Å². The van der Waals surface area contributed by atoms with E-state index in [2.05, 4.69) is 0 Å². The van der Waals surface area contributed by atoms with Crippen molar-refractivity contribution in [2.24, 2.45) is 5.92 Å². The molecule has 0 aromatic heterocycles. The molecule has 3 rings (SSSR count). The second kappa shape index (κ2) is 6.22. The van der Waals surface area contributed by atoms with Crippen molar-refractivity contribution in [2.45, 2.75) is 24.0 Å². The Morgan fingerprint density at radius 1 is 1.24 bits per heavy atom. The Bertz CT molecular complexity index is 601. The molecule has 2 saturated heterocycles. The van der Waals surface area contributed by atoms with Gasteiger partial charge in [-0.25, -0.2) is 8.42 Å². The summed E-state index contributed by atoms with van der Waals surface area (Å²) >= 11 is 5.90. The lowest BCUT2D eigenvalue weighted by molar-refractivity contribution is -0.0940. The highest BCUT2D eigenvalue weighted by Gasteiger charge is 2.36. The minimum absolute atomic E-state index is 0.0928. The number of ether oxygens (including phenoxy) is 2. The van der Waals surface area contributed by atoms with Crippen molar-refractivity contribution in [3.8, 4) is 0 Å². The second-order valence-corrected chi connectivity index (χ2v) is 7.71. The summed E-state index contributed by atoms with van der Waals surface area (Å²) < 4.78 is 37.9. The molecule has 2 fully saturated rings. The van der Waals surface area contributed by atoms with Crippen LogP contribution in [0.5, 0.6) is 0 Å². The number of nitrogens with zero attached hydrogens (tertiary/aromatic N) is 1. The summed E-state index contributed by atoms with van der Waals surface area (Å²) in [6.07, 6.45) is 1.46. The zero-order valence-corrected chi connectivity index (χ0v) is 13.1. The van der Waals surface area contributed by atoms with Crippen LogP contribution >= 0.6 is 11.6 Å². The van der Waals surface area contributed by atoms with Gasteiger partial charge in [-0.05, 0) is 31.0 Å². The minimum Gasteiger partial charge on any atom is -0.350 e. The summed E-state index contributed by atoms with van der Waals surface area (Å²) in [4.78, 5) is 0.240. The third-order valence-corrected chi connectivity index (χ3v) is 5.98. The van der Waals surface area contributed by atoms with E-state index >= 15 is 0 Å². The Balaban J connectivity index is 1.78. The molecule has 0 N–H and O–H groups in total. The van der Waals surface area contributed by atoms with E-state index in [0.717, 1.165) is 12.8 Å². The first-order valence-corrected chi connectivity index (χ1v) is 8.88. The Kier molecular flexibility index (Phi) is 4.51. The highest BCUT2D eigenvalue weighted by Crippen LogP contribution is 2.29. The Morgan fingerprint density at radius 2 is 2.00 bits per heavy atom. The van der Waals surface area contributed by atoms with Crippen LogP contribution in [0.1, 0.15) is 12.8 Å². The number of hydrogen-bond donors (Lipinski definition) is 0. The fourth-order valence-corrected chi connectivity index (χ4v) is 4.68. The monoisotopic (exact) mass is 331 g/mol. The predicted octanol–water partition coefficient (Wildman–Crippen LogP) is 2.11. The summed E-state index contributed by atoms with van der Waals surface area (Å²) in [6.45, 7) is 2.13. The molecule has 2 heterocycles. The van der Waals surface area contributed by atoms with Gasteiger partial charge in [0.1, 0.15) is 0 Å². The van der Waals surface area contributed by atoms with Crippen LogP contribution in [0.3, 0.4) is 0 Å². The molecular formula is C14H18ClNO4S. The van der Waals surface area contributed by atoms with Gasteiger partial charge in [0.05, 0.1) is 18.1 Å². The van der Waals surface area contributed by atoms with Gasteiger partial charge in [0.2, 0.25) is 10.0 Å². The fraction of sp³-hybridized carbons (Fsp3) is 0.571. The number of halogens is 1. The maximum Gasteiger partial charge on any atom is 0.243 e. The minimum atomic E-state index is -3.51. The Labute approximate surface area is 129 Å². The smallest absolute Gasteiger partial charge is 0.243 e. The standard InChI is InChI=1S/C14H18ClNO4S/c15-12-4-1-5-13(9-12)21(17,18)16-6-2-3-11(10-16)14-19-7-8-20-14/h1,4-5,9,11,14H,2-3,6-8,10H2/t11-/m1/s1.